The molecule has 0 unspecified atom stereocenters. The molecule has 0 aliphatic heterocycles. The molecule has 3 N–H and O–H groups in total. The van der Waals surface area contributed by atoms with Crippen molar-refractivity contribution in [3.8, 4) is 5.88 Å². The second-order valence-corrected chi connectivity index (χ2v) is 5.67. The summed E-state index contributed by atoms with van der Waals surface area (Å²) in [6, 6.07) is 3.68. The molecule has 0 aromatic carbocycles. The molecule has 0 spiro atoms. The van der Waals surface area contributed by atoms with Gasteiger partial charge in [0.1, 0.15) is 5.82 Å². The van der Waals surface area contributed by atoms with Crippen LogP contribution in [0.5, 0.6) is 5.88 Å². The fraction of sp³-hybridized carbons (Fsp3) is 0.615. The average molecular weight is 237 g/mol. The lowest BCUT2D eigenvalue weighted by Gasteiger charge is -2.22. The van der Waals surface area contributed by atoms with Crippen LogP contribution in [-0.4, -0.2) is 17.1 Å². The van der Waals surface area contributed by atoms with Gasteiger partial charge in [0.2, 0.25) is 5.88 Å². The third-order valence-corrected chi connectivity index (χ3v) is 1.95. The van der Waals surface area contributed by atoms with Gasteiger partial charge >= 0.3 is 0 Å². The van der Waals surface area contributed by atoms with Crippen LogP contribution in [0.1, 0.15) is 34.6 Å². The number of aromatic nitrogens is 1. The van der Waals surface area contributed by atoms with Crippen molar-refractivity contribution in [3.63, 3.8) is 0 Å². The summed E-state index contributed by atoms with van der Waals surface area (Å²) in [7, 11) is 0. The zero-order chi connectivity index (χ0) is 13.1. The number of ether oxygens (including phenoxy) is 1. The maximum atomic E-state index is 5.82. The molecule has 0 saturated carbocycles. The minimum Gasteiger partial charge on any atom is -0.476 e. The molecule has 0 amide bonds. The molecule has 96 valence electrons. The summed E-state index contributed by atoms with van der Waals surface area (Å²) in [6.45, 7) is 11.1. The van der Waals surface area contributed by atoms with Crippen LogP contribution in [0.4, 0.5) is 11.5 Å². The molecular formula is C13H23N3O. The van der Waals surface area contributed by atoms with Crippen molar-refractivity contribution >= 4 is 11.5 Å². The molecule has 0 aliphatic rings. The first kappa shape index (κ1) is 13.6. The van der Waals surface area contributed by atoms with Gasteiger partial charge in [0.05, 0.1) is 12.3 Å². The maximum absolute atomic E-state index is 5.82. The fourth-order valence-electron chi connectivity index (χ4n) is 1.27. The fourth-order valence-corrected chi connectivity index (χ4v) is 1.27. The van der Waals surface area contributed by atoms with Gasteiger partial charge in [0.15, 0.2) is 0 Å². The highest BCUT2D eigenvalue weighted by Gasteiger charge is 2.12. The maximum Gasteiger partial charge on any atom is 0.239 e. The summed E-state index contributed by atoms with van der Waals surface area (Å²) in [6.07, 6.45) is 0. The molecule has 0 radical (unpaired) electrons. The number of hydrogen-bond acceptors (Lipinski definition) is 4. The zero-order valence-corrected chi connectivity index (χ0v) is 11.4. The topological polar surface area (TPSA) is 60.2 Å². The van der Waals surface area contributed by atoms with Gasteiger partial charge in [0.25, 0.3) is 0 Å². The lowest BCUT2D eigenvalue weighted by Crippen LogP contribution is -2.26. The minimum absolute atomic E-state index is 0.0293. The van der Waals surface area contributed by atoms with Crippen LogP contribution in [0.15, 0.2) is 12.1 Å². The van der Waals surface area contributed by atoms with E-state index in [1.54, 1.807) is 0 Å². The zero-order valence-electron chi connectivity index (χ0n) is 11.4. The summed E-state index contributed by atoms with van der Waals surface area (Å²) in [5.41, 5.74) is 6.37. The van der Waals surface area contributed by atoms with Crippen LogP contribution in [0, 0.1) is 5.92 Å². The van der Waals surface area contributed by atoms with E-state index in [2.05, 4.69) is 44.9 Å². The van der Waals surface area contributed by atoms with E-state index in [9.17, 15) is 0 Å². The van der Waals surface area contributed by atoms with E-state index in [4.69, 9.17) is 10.5 Å². The summed E-state index contributed by atoms with van der Waals surface area (Å²) in [5.74, 6) is 1.74. The Labute approximate surface area is 104 Å². The quantitative estimate of drug-likeness (QED) is 0.845. The number of nitrogens with two attached hydrogens (primary N) is 1. The molecule has 1 aromatic rings. The number of anilines is 2. The van der Waals surface area contributed by atoms with Gasteiger partial charge in [-0.25, -0.2) is 0 Å². The van der Waals surface area contributed by atoms with Gasteiger partial charge in [0, 0.05) is 5.54 Å². The van der Waals surface area contributed by atoms with E-state index in [1.807, 2.05) is 12.1 Å². The van der Waals surface area contributed by atoms with E-state index in [0.717, 1.165) is 5.82 Å². The standard InChI is InChI=1S/C13H23N3O/c1-9(2)8-17-12-10(14)6-7-11(15-12)16-13(3,4)5/h6-7,9H,8,14H2,1-5H3,(H,15,16). The average Bonchev–Trinajstić information content (AvgIpc) is 2.16. The van der Waals surface area contributed by atoms with Crippen molar-refractivity contribution < 1.29 is 4.74 Å². The third kappa shape index (κ3) is 4.93. The van der Waals surface area contributed by atoms with Gasteiger partial charge < -0.3 is 15.8 Å². The molecule has 4 heteroatoms. The number of hydrogen-bond donors (Lipinski definition) is 2. The Hall–Kier alpha value is -1.45. The van der Waals surface area contributed by atoms with Crippen LogP contribution < -0.4 is 15.8 Å². The van der Waals surface area contributed by atoms with Gasteiger partial charge in [-0.2, -0.15) is 4.98 Å². The Morgan fingerprint density at radius 1 is 1.35 bits per heavy atom. The summed E-state index contributed by atoms with van der Waals surface area (Å²) in [4.78, 5) is 4.37. The van der Waals surface area contributed by atoms with Crippen molar-refractivity contribution in [1.29, 1.82) is 0 Å². The van der Waals surface area contributed by atoms with Crippen molar-refractivity contribution in [2.45, 2.75) is 40.2 Å². The van der Waals surface area contributed by atoms with E-state index in [-0.39, 0.29) is 5.54 Å². The van der Waals surface area contributed by atoms with Crippen molar-refractivity contribution in [3.05, 3.63) is 12.1 Å². The molecule has 1 rings (SSSR count). The number of nitrogens with one attached hydrogen (secondary N) is 1. The highest BCUT2D eigenvalue weighted by Crippen LogP contribution is 2.23. The molecular weight excluding hydrogens is 214 g/mol. The van der Waals surface area contributed by atoms with Crippen molar-refractivity contribution in [2.75, 3.05) is 17.7 Å². The summed E-state index contributed by atoms with van der Waals surface area (Å²) < 4.78 is 5.58. The van der Waals surface area contributed by atoms with Gasteiger partial charge in [-0.05, 0) is 38.8 Å². The Kier molecular flexibility index (Phi) is 4.21. The Balaban J connectivity index is 2.79. The Bertz CT molecular complexity index is 369. The first-order valence-corrected chi connectivity index (χ1v) is 5.95. The molecule has 4 nitrogen and oxygen atoms in total. The Morgan fingerprint density at radius 3 is 2.53 bits per heavy atom. The first-order chi connectivity index (χ1) is 7.78. The first-order valence-electron chi connectivity index (χ1n) is 5.95. The number of nitrogens with zero attached hydrogens (tertiary/aromatic N) is 1. The van der Waals surface area contributed by atoms with Crippen molar-refractivity contribution in [1.82, 2.24) is 4.98 Å². The van der Waals surface area contributed by atoms with Gasteiger partial charge in [-0.1, -0.05) is 13.8 Å². The van der Waals surface area contributed by atoms with Crippen molar-refractivity contribution in [2.24, 2.45) is 5.92 Å². The third-order valence-electron chi connectivity index (χ3n) is 1.95. The van der Waals surface area contributed by atoms with E-state index in [0.29, 0.717) is 24.1 Å². The summed E-state index contributed by atoms with van der Waals surface area (Å²) in [5, 5.41) is 3.29. The van der Waals surface area contributed by atoms with Gasteiger partial charge in [-0.15, -0.1) is 0 Å². The molecule has 0 atom stereocenters. The number of rotatable bonds is 4. The summed E-state index contributed by atoms with van der Waals surface area (Å²) >= 11 is 0. The van der Waals surface area contributed by atoms with E-state index in [1.165, 1.54) is 0 Å². The SMILES string of the molecule is CC(C)COc1nc(NC(C)(C)C)ccc1N. The molecule has 0 fully saturated rings. The highest BCUT2D eigenvalue weighted by atomic mass is 16.5. The largest absolute Gasteiger partial charge is 0.476 e. The predicted molar refractivity (Wildman–Crippen MR) is 72.4 cm³/mol. The van der Waals surface area contributed by atoms with E-state index >= 15 is 0 Å². The number of nitrogen functional groups attached to an aromatic ring is 1. The van der Waals surface area contributed by atoms with Crippen LogP contribution in [0.3, 0.4) is 0 Å². The van der Waals surface area contributed by atoms with Crippen LogP contribution >= 0.6 is 0 Å². The smallest absolute Gasteiger partial charge is 0.239 e. The molecule has 1 aromatic heterocycles. The predicted octanol–water partition coefficient (Wildman–Crippen LogP) is 2.91. The molecule has 17 heavy (non-hydrogen) atoms. The number of pyridine rings is 1. The lowest BCUT2D eigenvalue weighted by molar-refractivity contribution is 0.263. The van der Waals surface area contributed by atoms with Crippen LogP contribution in [-0.2, 0) is 0 Å². The van der Waals surface area contributed by atoms with E-state index < -0.39 is 0 Å². The second kappa shape index (κ2) is 5.25. The molecule has 1 heterocycles. The lowest BCUT2D eigenvalue weighted by atomic mass is 10.1. The van der Waals surface area contributed by atoms with Gasteiger partial charge in [-0.3, -0.25) is 0 Å². The molecule has 0 aliphatic carbocycles. The van der Waals surface area contributed by atoms with Crippen LogP contribution in [0.2, 0.25) is 0 Å². The van der Waals surface area contributed by atoms with Crippen LogP contribution in [0.25, 0.3) is 0 Å². The highest BCUT2D eigenvalue weighted by molar-refractivity contribution is 5.54. The monoisotopic (exact) mass is 237 g/mol. The Morgan fingerprint density at radius 2 is 2.00 bits per heavy atom. The molecule has 0 saturated heterocycles. The minimum atomic E-state index is -0.0293. The normalized spacial score (nSPS) is 11.6. The molecule has 0 bridgehead atoms. The second-order valence-electron chi connectivity index (χ2n) is 5.67.